The van der Waals surface area contributed by atoms with E-state index in [2.05, 4.69) is 10.3 Å². The Balaban J connectivity index is 3.14. The molecule has 0 aliphatic carbocycles. The van der Waals surface area contributed by atoms with Gasteiger partial charge in [-0.05, 0) is 19.9 Å². The van der Waals surface area contributed by atoms with Crippen molar-refractivity contribution in [1.29, 1.82) is 0 Å². The number of aromatic nitrogens is 1. The van der Waals surface area contributed by atoms with E-state index in [0.717, 1.165) is 0 Å². The highest BCUT2D eigenvalue weighted by Gasteiger charge is 2.28. The Kier molecular flexibility index (Phi) is 4.20. The second kappa shape index (κ2) is 5.28. The average Bonchev–Trinajstić information content (AvgIpc) is 2.27. The number of aliphatic hydroxyl groups excluding tert-OH is 1. The smallest absolute Gasteiger partial charge is 0.319 e. The fourth-order valence-electron chi connectivity index (χ4n) is 1.20. The molecule has 0 unspecified atom stereocenters. The molecule has 0 atom stereocenters. The summed E-state index contributed by atoms with van der Waals surface area (Å²) in [6.45, 7) is 2.87. The van der Waals surface area contributed by atoms with Crippen LogP contribution in [0.25, 0.3) is 0 Å². The summed E-state index contributed by atoms with van der Waals surface area (Å²) in [5, 5.41) is 22.0. The molecule has 0 bridgehead atoms. The lowest BCUT2D eigenvalue weighted by Crippen LogP contribution is -2.46. The third-order valence-electron chi connectivity index (χ3n) is 2.15. The van der Waals surface area contributed by atoms with Crippen LogP contribution in [0, 0.1) is 10.1 Å². The van der Waals surface area contributed by atoms with Crippen LogP contribution in [0.15, 0.2) is 12.3 Å². The Bertz CT molecular complexity index is 490. The van der Waals surface area contributed by atoms with E-state index in [1.54, 1.807) is 13.8 Å². The zero-order valence-electron chi connectivity index (χ0n) is 9.81. The van der Waals surface area contributed by atoms with Gasteiger partial charge in [0.05, 0.1) is 17.1 Å². The van der Waals surface area contributed by atoms with Crippen LogP contribution in [0.5, 0.6) is 0 Å². The number of carbonyl (C=O) groups excluding carboxylic acids is 1. The molecule has 0 aliphatic rings. The lowest BCUT2D eigenvalue weighted by Gasteiger charge is -2.23. The first-order valence-electron chi connectivity index (χ1n) is 5.01. The monoisotopic (exact) mass is 273 g/mol. The Morgan fingerprint density at radius 1 is 1.67 bits per heavy atom. The minimum Gasteiger partial charge on any atom is -0.394 e. The van der Waals surface area contributed by atoms with Gasteiger partial charge in [-0.1, -0.05) is 11.6 Å². The van der Waals surface area contributed by atoms with Crippen molar-refractivity contribution in [3.05, 3.63) is 33.1 Å². The minimum atomic E-state index is -0.888. The van der Waals surface area contributed by atoms with E-state index in [-0.39, 0.29) is 17.3 Å². The highest BCUT2D eigenvalue weighted by atomic mass is 35.5. The van der Waals surface area contributed by atoms with Gasteiger partial charge in [0.25, 0.3) is 5.91 Å². The SMILES string of the molecule is CC(C)(CO)NC(=O)c1ccnc(Cl)c1[N+](=O)[O-]. The molecule has 0 radical (unpaired) electrons. The highest BCUT2D eigenvalue weighted by molar-refractivity contribution is 6.32. The summed E-state index contributed by atoms with van der Waals surface area (Å²) in [4.78, 5) is 25.5. The Hall–Kier alpha value is -1.73. The van der Waals surface area contributed by atoms with E-state index in [4.69, 9.17) is 16.7 Å². The maximum Gasteiger partial charge on any atom is 0.319 e. The van der Waals surface area contributed by atoms with Gasteiger partial charge in [0.15, 0.2) is 0 Å². The molecule has 1 aromatic heterocycles. The van der Waals surface area contributed by atoms with Crippen LogP contribution < -0.4 is 5.32 Å². The average molecular weight is 274 g/mol. The molecule has 0 saturated heterocycles. The molecule has 1 rings (SSSR count). The number of nitro groups is 1. The first-order chi connectivity index (χ1) is 8.28. The van der Waals surface area contributed by atoms with Crippen molar-refractivity contribution < 1.29 is 14.8 Å². The maximum atomic E-state index is 11.9. The topological polar surface area (TPSA) is 105 Å². The summed E-state index contributed by atoms with van der Waals surface area (Å²) in [5.74, 6) is -0.690. The predicted octanol–water partition coefficient (Wildman–Crippen LogP) is 1.14. The quantitative estimate of drug-likeness (QED) is 0.486. The lowest BCUT2D eigenvalue weighted by molar-refractivity contribution is -0.385. The summed E-state index contributed by atoms with van der Waals surface area (Å²) in [6.07, 6.45) is 1.20. The molecular formula is C10H12ClN3O4. The van der Waals surface area contributed by atoms with Gasteiger partial charge in [-0.3, -0.25) is 14.9 Å². The summed E-state index contributed by atoms with van der Waals surface area (Å²) in [6, 6.07) is 1.20. The fourth-order valence-corrected chi connectivity index (χ4v) is 1.43. The number of halogens is 1. The van der Waals surface area contributed by atoms with E-state index in [9.17, 15) is 14.9 Å². The standard InChI is InChI=1S/C10H12ClN3O4/c1-10(2,5-15)13-9(16)6-3-4-12-8(11)7(6)14(17)18/h3-4,15H,5H2,1-2H3,(H,13,16). The van der Waals surface area contributed by atoms with Gasteiger partial charge in [-0.15, -0.1) is 0 Å². The summed E-state index contributed by atoms with van der Waals surface area (Å²) in [7, 11) is 0. The van der Waals surface area contributed by atoms with Gasteiger partial charge in [0.1, 0.15) is 5.56 Å². The third kappa shape index (κ3) is 3.14. The molecule has 2 N–H and O–H groups in total. The molecule has 0 aliphatic heterocycles. The van der Waals surface area contributed by atoms with Crippen molar-refractivity contribution in [3.63, 3.8) is 0 Å². The molecule has 1 heterocycles. The van der Waals surface area contributed by atoms with Gasteiger partial charge >= 0.3 is 5.69 Å². The zero-order valence-corrected chi connectivity index (χ0v) is 10.6. The number of nitrogens with zero attached hydrogens (tertiary/aromatic N) is 2. The van der Waals surface area contributed by atoms with Gasteiger partial charge in [-0.2, -0.15) is 0 Å². The first-order valence-corrected chi connectivity index (χ1v) is 5.38. The van der Waals surface area contributed by atoms with Gasteiger partial charge in [0.2, 0.25) is 5.15 Å². The van der Waals surface area contributed by atoms with Crippen LogP contribution in [0.3, 0.4) is 0 Å². The van der Waals surface area contributed by atoms with Crippen molar-refractivity contribution in [2.75, 3.05) is 6.61 Å². The summed E-state index contributed by atoms with van der Waals surface area (Å²) in [5.41, 5.74) is -1.63. The lowest BCUT2D eigenvalue weighted by atomic mass is 10.1. The van der Waals surface area contributed by atoms with E-state index < -0.39 is 22.1 Å². The zero-order chi connectivity index (χ0) is 13.9. The molecule has 0 fully saturated rings. The number of hydrogen-bond donors (Lipinski definition) is 2. The van der Waals surface area contributed by atoms with Crippen LogP contribution in [0.2, 0.25) is 5.15 Å². The van der Waals surface area contributed by atoms with E-state index in [1.807, 2.05) is 0 Å². The van der Waals surface area contributed by atoms with Crippen LogP contribution in [0.1, 0.15) is 24.2 Å². The fraction of sp³-hybridized carbons (Fsp3) is 0.400. The van der Waals surface area contributed by atoms with E-state index in [0.29, 0.717) is 0 Å². The number of amides is 1. The normalized spacial score (nSPS) is 11.1. The van der Waals surface area contributed by atoms with E-state index in [1.165, 1.54) is 12.3 Å². The number of hydrogen-bond acceptors (Lipinski definition) is 5. The molecule has 0 saturated carbocycles. The van der Waals surface area contributed by atoms with Gasteiger partial charge in [0, 0.05) is 6.20 Å². The van der Waals surface area contributed by atoms with Crippen molar-refractivity contribution in [2.24, 2.45) is 0 Å². The second-order valence-electron chi connectivity index (χ2n) is 4.25. The van der Waals surface area contributed by atoms with Crippen LogP contribution in [-0.2, 0) is 0 Å². The third-order valence-corrected chi connectivity index (χ3v) is 2.43. The molecule has 1 aromatic rings. The molecule has 18 heavy (non-hydrogen) atoms. The second-order valence-corrected chi connectivity index (χ2v) is 4.61. The number of carbonyl (C=O) groups is 1. The molecule has 0 aromatic carbocycles. The first kappa shape index (κ1) is 14.3. The number of aliphatic hydroxyl groups is 1. The van der Waals surface area contributed by atoms with Crippen molar-refractivity contribution in [2.45, 2.75) is 19.4 Å². The summed E-state index contributed by atoms with van der Waals surface area (Å²) >= 11 is 5.59. The van der Waals surface area contributed by atoms with Crippen molar-refractivity contribution >= 4 is 23.2 Å². The minimum absolute atomic E-state index is 0.193. The molecule has 1 amide bonds. The molecule has 98 valence electrons. The highest BCUT2D eigenvalue weighted by Crippen LogP contribution is 2.26. The molecule has 8 heteroatoms. The Morgan fingerprint density at radius 2 is 2.28 bits per heavy atom. The molecule has 0 spiro atoms. The van der Waals surface area contributed by atoms with Gasteiger partial charge < -0.3 is 10.4 Å². The largest absolute Gasteiger partial charge is 0.394 e. The number of pyridine rings is 1. The molecule has 7 nitrogen and oxygen atoms in total. The Morgan fingerprint density at radius 3 is 2.78 bits per heavy atom. The predicted molar refractivity (Wildman–Crippen MR) is 64.5 cm³/mol. The summed E-state index contributed by atoms with van der Waals surface area (Å²) < 4.78 is 0. The van der Waals surface area contributed by atoms with Crippen LogP contribution >= 0.6 is 11.6 Å². The van der Waals surface area contributed by atoms with Crippen LogP contribution in [0.4, 0.5) is 5.69 Å². The van der Waals surface area contributed by atoms with Crippen molar-refractivity contribution in [1.82, 2.24) is 10.3 Å². The Labute approximate surface area is 108 Å². The molecular weight excluding hydrogens is 262 g/mol. The van der Waals surface area contributed by atoms with E-state index >= 15 is 0 Å². The van der Waals surface area contributed by atoms with Gasteiger partial charge in [-0.25, -0.2) is 4.98 Å². The number of rotatable bonds is 4. The van der Waals surface area contributed by atoms with Crippen LogP contribution in [-0.4, -0.2) is 33.1 Å². The number of nitrogens with one attached hydrogen (secondary N) is 1. The van der Waals surface area contributed by atoms with Crippen molar-refractivity contribution in [3.8, 4) is 0 Å². The maximum absolute atomic E-state index is 11.9.